The van der Waals surface area contributed by atoms with Gasteiger partial charge in [-0.15, -0.1) is 0 Å². The van der Waals surface area contributed by atoms with Crippen molar-refractivity contribution in [2.45, 2.75) is 26.0 Å². The van der Waals surface area contributed by atoms with E-state index < -0.39 is 12.1 Å². The van der Waals surface area contributed by atoms with Crippen LogP contribution in [-0.2, 0) is 9.53 Å². The molecule has 0 aliphatic rings. The van der Waals surface area contributed by atoms with E-state index in [4.69, 9.17) is 10.5 Å². The van der Waals surface area contributed by atoms with Crippen LogP contribution >= 0.6 is 0 Å². The number of nitrogens with zero attached hydrogens (tertiary/aromatic N) is 1. The van der Waals surface area contributed by atoms with E-state index in [2.05, 4.69) is 0 Å². The fraction of sp³-hybridized carbons (Fsp3) is 0.900. The van der Waals surface area contributed by atoms with E-state index in [0.717, 1.165) is 0 Å². The Morgan fingerprint density at radius 2 is 2.07 bits per heavy atom. The molecule has 5 heteroatoms. The van der Waals surface area contributed by atoms with Gasteiger partial charge in [-0.2, -0.15) is 0 Å². The number of ether oxygens (including phenoxy) is 1. The molecule has 0 aromatic rings. The Morgan fingerprint density at radius 3 is 2.47 bits per heavy atom. The molecule has 0 aromatic carbocycles. The SMILES string of the molecule is COCC(O)CN(C)C(=O)[C@H](N)C(C)C. The lowest BCUT2D eigenvalue weighted by Crippen LogP contribution is -2.47. The van der Waals surface area contributed by atoms with Crippen molar-refractivity contribution >= 4 is 5.91 Å². The molecule has 1 unspecified atom stereocenters. The molecule has 0 aromatic heterocycles. The van der Waals surface area contributed by atoms with Crippen molar-refractivity contribution in [1.29, 1.82) is 0 Å². The number of carbonyl (C=O) groups is 1. The van der Waals surface area contributed by atoms with E-state index in [0.29, 0.717) is 0 Å². The first-order chi connectivity index (χ1) is 6.90. The highest BCUT2D eigenvalue weighted by molar-refractivity contribution is 5.81. The van der Waals surface area contributed by atoms with Crippen molar-refractivity contribution in [3.63, 3.8) is 0 Å². The third-order valence-electron chi connectivity index (χ3n) is 2.22. The van der Waals surface area contributed by atoms with E-state index in [1.54, 1.807) is 7.05 Å². The molecule has 90 valence electrons. The molecule has 0 radical (unpaired) electrons. The van der Waals surface area contributed by atoms with Gasteiger partial charge in [-0.05, 0) is 5.92 Å². The fourth-order valence-electron chi connectivity index (χ4n) is 1.19. The summed E-state index contributed by atoms with van der Waals surface area (Å²) in [6.07, 6.45) is -0.664. The van der Waals surface area contributed by atoms with E-state index in [9.17, 15) is 9.90 Å². The molecule has 0 rings (SSSR count). The van der Waals surface area contributed by atoms with Crippen LogP contribution in [0.3, 0.4) is 0 Å². The molecule has 15 heavy (non-hydrogen) atoms. The summed E-state index contributed by atoms with van der Waals surface area (Å²) in [5.74, 6) is -0.0559. The van der Waals surface area contributed by atoms with Crippen molar-refractivity contribution in [2.75, 3.05) is 27.3 Å². The van der Waals surface area contributed by atoms with E-state index >= 15 is 0 Å². The number of amides is 1. The number of likely N-dealkylation sites (N-methyl/N-ethyl adjacent to an activating group) is 1. The molecule has 0 saturated heterocycles. The maximum Gasteiger partial charge on any atom is 0.239 e. The smallest absolute Gasteiger partial charge is 0.239 e. The number of carbonyl (C=O) groups excluding carboxylic acids is 1. The van der Waals surface area contributed by atoms with Crippen LogP contribution in [0.4, 0.5) is 0 Å². The van der Waals surface area contributed by atoms with Crippen molar-refractivity contribution in [3.8, 4) is 0 Å². The van der Waals surface area contributed by atoms with Gasteiger partial charge in [0.15, 0.2) is 0 Å². The largest absolute Gasteiger partial charge is 0.389 e. The highest BCUT2D eigenvalue weighted by atomic mass is 16.5. The molecule has 2 atom stereocenters. The zero-order chi connectivity index (χ0) is 12.0. The molecular formula is C10H22N2O3. The number of rotatable bonds is 6. The second-order valence-electron chi connectivity index (χ2n) is 4.10. The number of methoxy groups -OCH3 is 1. The highest BCUT2D eigenvalue weighted by Gasteiger charge is 2.22. The summed E-state index contributed by atoms with van der Waals surface area (Å²) in [6.45, 7) is 4.24. The lowest BCUT2D eigenvalue weighted by molar-refractivity contribution is -0.133. The summed E-state index contributed by atoms with van der Waals surface area (Å²) in [7, 11) is 3.13. The molecule has 0 aliphatic carbocycles. The lowest BCUT2D eigenvalue weighted by Gasteiger charge is -2.25. The molecule has 0 bridgehead atoms. The topological polar surface area (TPSA) is 75.8 Å². The summed E-state index contributed by atoms with van der Waals surface area (Å²) in [6, 6.07) is -0.509. The van der Waals surface area contributed by atoms with Crippen molar-refractivity contribution in [1.82, 2.24) is 4.90 Å². The Kier molecular flexibility index (Phi) is 6.47. The van der Waals surface area contributed by atoms with Crippen LogP contribution in [0.2, 0.25) is 0 Å². The third-order valence-corrected chi connectivity index (χ3v) is 2.22. The van der Waals surface area contributed by atoms with Crippen LogP contribution in [0.5, 0.6) is 0 Å². The molecule has 0 spiro atoms. The molecule has 1 amide bonds. The first-order valence-corrected chi connectivity index (χ1v) is 5.07. The van der Waals surface area contributed by atoms with E-state index in [1.165, 1.54) is 12.0 Å². The second kappa shape index (κ2) is 6.76. The average molecular weight is 218 g/mol. The van der Waals surface area contributed by atoms with Crippen LogP contribution in [0, 0.1) is 5.92 Å². The zero-order valence-corrected chi connectivity index (χ0v) is 9.93. The van der Waals surface area contributed by atoms with Crippen LogP contribution in [0.1, 0.15) is 13.8 Å². The number of aliphatic hydroxyl groups excluding tert-OH is 1. The predicted octanol–water partition coefficient (Wildman–Crippen LogP) is -0.565. The molecule has 0 heterocycles. The fourth-order valence-corrected chi connectivity index (χ4v) is 1.19. The van der Waals surface area contributed by atoms with Gasteiger partial charge in [-0.3, -0.25) is 4.79 Å². The Morgan fingerprint density at radius 1 is 1.53 bits per heavy atom. The molecule has 0 aliphatic heterocycles. The van der Waals surface area contributed by atoms with Gasteiger partial charge in [0, 0.05) is 20.7 Å². The van der Waals surface area contributed by atoms with Gasteiger partial charge in [0.05, 0.1) is 18.8 Å². The number of hydrogen-bond donors (Lipinski definition) is 2. The van der Waals surface area contributed by atoms with Crippen molar-refractivity contribution < 1.29 is 14.6 Å². The monoisotopic (exact) mass is 218 g/mol. The lowest BCUT2D eigenvalue weighted by atomic mass is 10.0. The maximum atomic E-state index is 11.7. The highest BCUT2D eigenvalue weighted by Crippen LogP contribution is 2.02. The maximum absolute atomic E-state index is 11.7. The first kappa shape index (κ1) is 14.3. The summed E-state index contributed by atoms with van der Waals surface area (Å²) in [5.41, 5.74) is 5.71. The number of aliphatic hydroxyl groups is 1. The van der Waals surface area contributed by atoms with Gasteiger partial charge in [0.2, 0.25) is 5.91 Å². The van der Waals surface area contributed by atoms with Crippen LogP contribution in [0.15, 0.2) is 0 Å². The standard InChI is InChI=1S/C10H22N2O3/c1-7(2)9(11)10(14)12(3)5-8(13)6-15-4/h7-9,13H,5-6,11H2,1-4H3/t8?,9-/m1/s1. The van der Waals surface area contributed by atoms with Crippen molar-refractivity contribution in [2.24, 2.45) is 11.7 Å². The summed E-state index contributed by atoms with van der Waals surface area (Å²) < 4.78 is 4.77. The van der Waals surface area contributed by atoms with Gasteiger partial charge in [-0.1, -0.05) is 13.8 Å². The molecule has 3 N–H and O–H groups in total. The van der Waals surface area contributed by atoms with Crippen molar-refractivity contribution in [3.05, 3.63) is 0 Å². The summed E-state index contributed by atoms with van der Waals surface area (Å²) >= 11 is 0. The minimum Gasteiger partial charge on any atom is -0.389 e. The third kappa shape index (κ3) is 5.11. The van der Waals surface area contributed by atoms with Gasteiger partial charge in [0.25, 0.3) is 0 Å². The predicted molar refractivity (Wildman–Crippen MR) is 58.3 cm³/mol. The van der Waals surface area contributed by atoms with E-state index in [1.807, 2.05) is 13.8 Å². The van der Waals surface area contributed by atoms with Gasteiger partial charge >= 0.3 is 0 Å². The quantitative estimate of drug-likeness (QED) is 0.626. The summed E-state index contributed by atoms with van der Waals surface area (Å²) in [4.78, 5) is 13.1. The average Bonchev–Trinajstić information content (AvgIpc) is 2.15. The first-order valence-electron chi connectivity index (χ1n) is 5.07. The van der Waals surface area contributed by atoms with E-state index in [-0.39, 0.29) is 25.0 Å². The Hall–Kier alpha value is -0.650. The number of hydrogen-bond acceptors (Lipinski definition) is 4. The van der Waals surface area contributed by atoms with Gasteiger partial charge < -0.3 is 20.5 Å². The Bertz CT molecular complexity index is 197. The summed E-state index contributed by atoms with van der Waals surface area (Å²) in [5, 5.41) is 9.43. The van der Waals surface area contributed by atoms with Crippen LogP contribution in [0.25, 0.3) is 0 Å². The van der Waals surface area contributed by atoms with Gasteiger partial charge in [0.1, 0.15) is 0 Å². The second-order valence-corrected chi connectivity index (χ2v) is 4.10. The minimum atomic E-state index is -0.664. The zero-order valence-electron chi connectivity index (χ0n) is 9.93. The van der Waals surface area contributed by atoms with Crippen LogP contribution in [-0.4, -0.2) is 55.4 Å². The Balaban J connectivity index is 4.09. The molecule has 0 fully saturated rings. The Labute approximate surface area is 91.2 Å². The molecule has 5 nitrogen and oxygen atoms in total. The molecule has 0 saturated carbocycles. The van der Waals surface area contributed by atoms with Crippen LogP contribution < -0.4 is 5.73 Å². The molecular weight excluding hydrogens is 196 g/mol. The number of nitrogens with two attached hydrogens (primary N) is 1. The van der Waals surface area contributed by atoms with Gasteiger partial charge in [-0.25, -0.2) is 0 Å². The normalized spacial score (nSPS) is 15.1. The minimum absolute atomic E-state index is 0.0968.